The summed E-state index contributed by atoms with van der Waals surface area (Å²) in [4.78, 5) is 11.0. The molecule has 0 saturated heterocycles. The Labute approximate surface area is 102 Å². The number of carbonyl (C=O) groups is 1. The van der Waals surface area contributed by atoms with E-state index in [2.05, 4.69) is 9.96 Å². The van der Waals surface area contributed by atoms with Crippen molar-refractivity contribution in [3.05, 3.63) is 35.4 Å². The minimum atomic E-state index is -0.365. The van der Waals surface area contributed by atoms with Gasteiger partial charge in [-0.2, -0.15) is 0 Å². The van der Waals surface area contributed by atoms with E-state index in [1.165, 1.54) is 13.2 Å². The van der Waals surface area contributed by atoms with Crippen molar-refractivity contribution in [2.75, 3.05) is 14.2 Å². The minimum Gasteiger partial charge on any atom is -0.497 e. The van der Waals surface area contributed by atoms with Crippen LogP contribution in [0.1, 0.15) is 11.1 Å². The zero-order valence-corrected chi connectivity index (χ0v) is 10.3. The van der Waals surface area contributed by atoms with Gasteiger partial charge in [0.15, 0.2) is 7.98 Å². The average molecular weight is 233 g/mol. The van der Waals surface area contributed by atoms with Crippen LogP contribution in [0.25, 0.3) is 6.08 Å². The van der Waals surface area contributed by atoms with Crippen molar-refractivity contribution in [2.45, 2.75) is 6.54 Å². The van der Waals surface area contributed by atoms with Gasteiger partial charge in [0, 0.05) is 12.6 Å². The van der Waals surface area contributed by atoms with E-state index >= 15 is 0 Å². The van der Waals surface area contributed by atoms with Crippen molar-refractivity contribution in [1.29, 1.82) is 0 Å². The molecule has 0 aliphatic rings. The molecule has 0 bridgehead atoms. The van der Waals surface area contributed by atoms with Crippen LogP contribution in [0, 0.1) is 0 Å². The van der Waals surface area contributed by atoms with E-state index in [1.807, 2.05) is 26.2 Å². The highest BCUT2D eigenvalue weighted by Gasteiger charge is 2.02. The molecule has 0 amide bonds. The maximum Gasteiger partial charge on any atom is 0.330 e. The molecular weight excluding hydrogens is 217 g/mol. The molecule has 0 fully saturated rings. The Morgan fingerprint density at radius 3 is 2.82 bits per heavy atom. The molecule has 0 unspecified atom stereocenters. The average Bonchev–Trinajstić information content (AvgIpc) is 2.37. The van der Waals surface area contributed by atoms with Crippen molar-refractivity contribution >= 4 is 20.0 Å². The van der Waals surface area contributed by atoms with Gasteiger partial charge in [0.2, 0.25) is 0 Å². The van der Waals surface area contributed by atoms with Crippen LogP contribution < -0.4 is 9.96 Å². The van der Waals surface area contributed by atoms with Gasteiger partial charge in [0.05, 0.1) is 14.2 Å². The summed E-state index contributed by atoms with van der Waals surface area (Å²) in [7, 11) is 4.85. The van der Waals surface area contributed by atoms with Crippen LogP contribution in [-0.2, 0) is 16.1 Å². The molecule has 17 heavy (non-hydrogen) atoms. The smallest absolute Gasteiger partial charge is 0.330 e. The van der Waals surface area contributed by atoms with Gasteiger partial charge in [0.25, 0.3) is 0 Å². The van der Waals surface area contributed by atoms with Crippen molar-refractivity contribution in [3.8, 4) is 5.75 Å². The molecule has 0 aromatic heterocycles. The number of benzene rings is 1. The summed E-state index contributed by atoms with van der Waals surface area (Å²) < 4.78 is 9.71. The van der Waals surface area contributed by atoms with Crippen molar-refractivity contribution in [2.24, 2.45) is 0 Å². The first-order valence-electron chi connectivity index (χ1n) is 5.28. The Balaban J connectivity index is 2.97. The van der Waals surface area contributed by atoms with E-state index < -0.39 is 0 Å². The molecule has 0 saturated carbocycles. The Bertz CT molecular complexity index is 418. The lowest BCUT2D eigenvalue weighted by Crippen LogP contribution is -2.08. The maximum atomic E-state index is 11.0. The number of carbonyl (C=O) groups excluding carboxylic acids is 1. The van der Waals surface area contributed by atoms with Crippen LogP contribution in [-0.4, -0.2) is 28.2 Å². The second kappa shape index (κ2) is 6.76. The van der Waals surface area contributed by atoms with Crippen molar-refractivity contribution in [3.63, 3.8) is 0 Å². The van der Waals surface area contributed by atoms with E-state index in [1.54, 1.807) is 13.2 Å². The van der Waals surface area contributed by atoms with Gasteiger partial charge in [-0.1, -0.05) is 6.07 Å². The van der Waals surface area contributed by atoms with E-state index in [4.69, 9.17) is 4.74 Å². The molecule has 0 aliphatic heterocycles. The number of nitrogens with one attached hydrogen (secondary N) is 1. The normalized spacial score (nSPS) is 10.5. The first kappa shape index (κ1) is 13.3. The topological polar surface area (TPSA) is 47.6 Å². The summed E-state index contributed by atoms with van der Waals surface area (Å²) in [5.41, 5.74) is 2.03. The van der Waals surface area contributed by atoms with E-state index in [-0.39, 0.29) is 5.97 Å². The van der Waals surface area contributed by atoms with Crippen molar-refractivity contribution < 1.29 is 14.3 Å². The number of hydrogen-bond acceptors (Lipinski definition) is 4. The maximum absolute atomic E-state index is 11.0. The molecule has 0 spiro atoms. The number of esters is 1. The molecule has 4 nitrogen and oxygen atoms in total. The molecule has 1 aromatic carbocycles. The van der Waals surface area contributed by atoms with Crippen molar-refractivity contribution in [1.82, 2.24) is 5.23 Å². The molecule has 1 rings (SSSR count). The minimum absolute atomic E-state index is 0.365. The predicted molar refractivity (Wildman–Crippen MR) is 69.4 cm³/mol. The second-order valence-corrected chi connectivity index (χ2v) is 3.45. The monoisotopic (exact) mass is 233 g/mol. The molecule has 0 heterocycles. The Hall–Kier alpha value is -1.75. The first-order chi connectivity index (χ1) is 8.21. The number of ether oxygens (including phenoxy) is 2. The van der Waals surface area contributed by atoms with Crippen LogP contribution in [0.3, 0.4) is 0 Å². The van der Waals surface area contributed by atoms with E-state index in [0.717, 1.165) is 16.9 Å². The number of hydrogen-bond donors (Lipinski definition) is 1. The van der Waals surface area contributed by atoms with Gasteiger partial charge in [-0.15, -0.1) is 0 Å². The zero-order valence-electron chi connectivity index (χ0n) is 10.3. The Kier molecular flexibility index (Phi) is 5.29. The highest BCUT2D eigenvalue weighted by atomic mass is 16.5. The molecule has 90 valence electrons. The van der Waals surface area contributed by atoms with Gasteiger partial charge < -0.3 is 14.7 Å². The van der Waals surface area contributed by atoms with E-state index in [9.17, 15) is 4.79 Å². The summed E-state index contributed by atoms with van der Waals surface area (Å²) >= 11 is 0. The fraction of sp³-hybridized carbons (Fsp3) is 0.250. The first-order valence-corrected chi connectivity index (χ1v) is 5.28. The third-order valence-electron chi connectivity index (χ3n) is 2.32. The van der Waals surface area contributed by atoms with Gasteiger partial charge in [0.1, 0.15) is 5.75 Å². The highest BCUT2D eigenvalue weighted by Crippen LogP contribution is 2.18. The molecule has 1 N–H and O–H groups in total. The van der Waals surface area contributed by atoms with Crippen LogP contribution in [0.4, 0.5) is 0 Å². The number of rotatable bonds is 5. The van der Waals surface area contributed by atoms with Gasteiger partial charge in [-0.3, -0.25) is 0 Å². The van der Waals surface area contributed by atoms with Gasteiger partial charge in [-0.25, -0.2) is 4.79 Å². The molecule has 1 aromatic rings. The molecule has 0 atom stereocenters. The molecular formula is C12H16BNO3. The Morgan fingerprint density at radius 1 is 1.47 bits per heavy atom. The third kappa shape index (κ3) is 3.96. The zero-order chi connectivity index (χ0) is 12.7. The lowest BCUT2D eigenvalue weighted by atomic mass is 10.1. The van der Waals surface area contributed by atoms with Crippen LogP contribution >= 0.6 is 0 Å². The summed E-state index contributed by atoms with van der Waals surface area (Å²) in [6, 6.07) is 5.70. The summed E-state index contributed by atoms with van der Waals surface area (Å²) in [6.07, 6.45) is 3.14. The standard InChI is InChI=1S/C12H16BNO3/c1-16-11-5-3-9(4-6-12(15)17-2)10(7-11)8-14-13/h3-7,14H,8,13H2,1-2H3/b6-4+. The highest BCUT2D eigenvalue weighted by molar-refractivity contribution is 6.04. The lowest BCUT2D eigenvalue weighted by molar-refractivity contribution is -0.134. The van der Waals surface area contributed by atoms with Gasteiger partial charge in [-0.05, 0) is 29.3 Å². The summed E-state index contributed by atoms with van der Waals surface area (Å²) in [5.74, 6) is 0.432. The summed E-state index contributed by atoms with van der Waals surface area (Å²) in [5, 5.41) is 3.07. The SMILES string of the molecule is BNCc1cc(OC)ccc1/C=C/C(=O)OC. The molecule has 0 radical (unpaired) electrons. The molecule has 5 heteroatoms. The van der Waals surface area contributed by atoms with Gasteiger partial charge >= 0.3 is 5.97 Å². The van der Waals surface area contributed by atoms with E-state index in [0.29, 0.717) is 6.54 Å². The third-order valence-corrected chi connectivity index (χ3v) is 2.32. The largest absolute Gasteiger partial charge is 0.497 e. The fourth-order valence-electron chi connectivity index (χ4n) is 1.44. The fourth-order valence-corrected chi connectivity index (χ4v) is 1.44. The summed E-state index contributed by atoms with van der Waals surface area (Å²) in [6.45, 7) is 0.706. The van der Waals surface area contributed by atoms with Crippen LogP contribution in [0.5, 0.6) is 5.75 Å². The van der Waals surface area contributed by atoms with Crippen LogP contribution in [0.2, 0.25) is 0 Å². The lowest BCUT2D eigenvalue weighted by Gasteiger charge is -2.08. The Morgan fingerprint density at radius 2 is 2.24 bits per heavy atom. The van der Waals surface area contributed by atoms with Crippen LogP contribution in [0.15, 0.2) is 24.3 Å². The second-order valence-electron chi connectivity index (χ2n) is 3.45. The predicted octanol–water partition coefficient (Wildman–Crippen LogP) is 0.519. The molecule has 0 aliphatic carbocycles. The number of methoxy groups -OCH3 is 2. The quantitative estimate of drug-likeness (QED) is 0.457.